The van der Waals surface area contributed by atoms with E-state index in [1.807, 2.05) is 0 Å². The second-order valence-electron chi connectivity index (χ2n) is 6.05. The van der Waals surface area contributed by atoms with Gasteiger partial charge in [-0.15, -0.1) is 0 Å². The van der Waals surface area contributed by atoms with E-state index in [0.29, 0.717) is 5.56 Å². The fraction of sp³-hybridized carbons (Fsp3) is 0.588. The van der Waals surface area contributed by atoms with Gasteiger partial charge in [-0.1, -0.05) is 37.1 Å². The number of amides is 2. The van der Waals surface area contributed by atoms with E-state index in [2.05, 4.69) is 10.6 Å². The third-order valence-corrected chi connectivity index (χ3v) is 4.27. The third-order valence-electron chi connectivity index (χ3n) is 4.27. The number of urea groups is 1. The van der Waals surface area contributed by atoms with Crippen molar-refractivity contribution in [1.82, 2.24) is 10.6 Å². The Balaban J connectivity index is 1.90. The van der Waals surface area contributed by atoms with E-state index >= 15 is 0 Å². The van der Waals surface area contributed by atoms with Gasteiger partial charge in [0.2, 0.25) is 0 Å². The van der Waals surface area contributed by atoms with E-state index < -0.39 is 12.6 Å². The molecule has 1 aliphatic carbocycles. The molecule has 0 aromatic heterocycles. The molecule has 1 saturated carbocycles. The molecule has 0 saturated heterocycles. The smallest absolute Gasteiger partial charge is 0.379 e. The van der Waals surface area contributed by atoms with Crippen molar-refractivity contribution >= 4 is 6.03 Å². The molecule has 7 heteroatoms. The molecule has 134 valence electrons. The molecule has 2 atom stereocenters. The summed E-state index contributed by atoms with van der Waals surface area (Å²) < 4.78 is 43.2. The molecule has 1 fully saturated rings. The molecule has 1 aliphatic rings. The summed E-state index contributed by atoms with van der Waals surface area (Å²) in [6.45, 7) is 0.0580. The Bertz CT molecular complexity index is 549. The summed E-state index contributed by atoms with van der Waals surface area (Å²) >= 11 is 0. The van der Waals surface area contributed by atoms with Crippen molar-refractivity contribution in [1.29, 1.82) is 0 Å². The second kappa shape index (κ2) is 8.37. The minimum absolute atomic E-state index is 0.0120. The summed E-state index contributed by atoms with van der Waals surface area (Å²) in [6.07, 6.45) is -1.44. The first-order valence-corrected chi connectivity index (χ1v) is 8.10. The zero-order valence-corrected chi connectivity index (χ0v) is 13.7. The number of ether oxygens (including phenoxy) is 1. The van der Waals surface area contributed by atoms with Crippen molar-refractivity contribution in [2.45, 2.75) is 57.0 Å². The Morgan fingerprint density at radius 1 is 1.21 bits per heavy atom. The van der Waals surface area contributed by atoms with Gasteiger partial charge in [0.25, 0.3) is 0 Å². The van der Waals surface area contributed by atoms with Crippen LogP contribution in [0.3, 0.4) is 0 Å². The van der Waals surface area contributed by atoms with E-state index in [1.54, 1.807) is 25.3 Å². The standard InChI is InChI=1S/C17H23F3N2O2/c1-24-15-9-5-4-8-14(15)22-16(23)21-11-13-7-3-2-6-12(13)10-17(18,19)20/h2-3,6-7,14-15H,4-5,8-11H2,1H3,(H2,21,22,23)/t14-,15-/m0/s1. The predicted octanol–water partition coefficient (Wildman–Crippen LogP) is 3.55. The number of benzene rings is 1. The first-order chi connectivity index (χ1) is 11.4. The van der Waals surface area contributed by atoms with Crippen molar-refractivity contribution < 1.29 is 22.7 Å². The molecule has 0 bridgehead atoms. The number of hydrogen-bond donors (Lipinski definition) is 2. The van der Waals surface area contributed by atoms with Gasteiger partial charge < -0.3 is 15.4 Å². The van der Waals surface area contributed by atoms with E-state index in [0.717, 1.165) is 25.7 Å². The van der Waals surface area contributed by atoms with Crippen molar-refractivity contribution in [3.63, 3.8) is 0 Å². The van der Waals surface area contributed by atoms with Gasteiger partial charge in [0.05, 0.1) is 18.6 Å². The van der Waals surface area contributed by atoms with Crippen LogP contribution < -0.4 is 10.6 Å². The zero-order valence-electron chi connectivity index (χ0n) is 13.7. The van der Waals surface area contributed by atoms with Gasteiger partial charge >= 0.3 is 12.2 Å². The lowest BCUT2D eigenvalue weighted by Crippen LogP contribution is -2.49. The van der Waals surface area contributed by atoms with Crippen LogP contribution in [0.4, 0.5) is 18.0 Å². The summed E-state index contributed by atoms with van der Waals surface area (Å²) in [7, 11) is 1.62. The highest BCUT2D eigenvalue weighted by molar-refractivity contribution is 5.74. The zero-order chi connectivity index (χ0) is 17.6. The van der Waals surface area contributed by atoms with Crippen LogP contribution in [0.1, 0.15) is 36.8 Å². The minimum atomic E-state index is -4.27. The Morgan fingerprint density at radius 2 is 1.88 bits per heavy atom. The molecule has 2 amide bonds. The summed E-state index contributed by atoms with van der Waals surface area (Å²) in [5, 5.41) is 5.50. The maximum Gasteiger partial charge on any atom is 0.393 e. The first kappa shape index (κ1) is 18.6. The lowest BCUT2D eigenvalue weighted by molar-refractivity contribution is -0.127. The molecule has 0 unspecified atom stereocenters. The van der Waals surface area contributed by atoms with Crippen molar-refractivity contribution in [3.05, 3.63) is 35.4 Å². The molecule has 1 aromatic rings. The maximum atomic E-state index is 12.6. The number of carbonyl (C=O) groups excluding carboxylic acids is 1. The van der Waals surface area contributed by atoms with Crippen molar-refractivity contribution in [2.24, 2.45) is 0 Å². The highest BCUT2D eigenvalue weighted by Gasteiger charge is 2.29. The number of hydrogen-bond acceptors (Lipinski definition) is 2. The Labute approximate surface area is 139 Å². The summed E-state index contributed by atoms with van der Waals surface area (Å²) in [5.74, 6) is 0. The largest absolute Gasteiger partial charge is 0.393 e. The van der Waals surface area contributed by atoms with E-state index in [-0.39, 0.29) is 30.3 Å². The fourth-order valence-electron chi connectivity index (χ4n) is 3.06. The van der Waals surface area contributed by atoms with Gasteiger partial charge in [-0.05, 0) is 24.0 Å². The van der Waals surface area contributed by atoms with Crippen molar-refractivity contribution in [2.75, 3.05) is 7.11 Å². The highest BCUT2D eigenvalue weighted by Crippen LogP contribution is 2.23. The van der Waals surface area contributed by atoms with Gasteiger partial charge in [0.1, 0.15) is 0 Å². The third kappa shape index (κ3) is 5.70. The van der Waals surface area contributed by atoms with Crippen LogP contribution in [0.2, 0.25) is 0 Å². The number of methoxy groups -OCH3 is 1. The number of rotatable bonds is 5. The Hall–Kier alpha value is -1.76. The SMILES string of the molecule is CO[C@H]1CCCC[C@@H]1NC(=O)NCc1ccccc1CC(F)(F)F. The normalized spacial score (nSPS) is 21.3. The monoisotopic (exact) mass is 344 g/mol. The molecule has 0 radical (unpaired) electrons. The first-order valence-electron chi connectivity index (χ1n) is 8.10. The molecule has 2 N–H and O–H groups in total. The maximum absolute atomic E-state index is 12.6. The summed E-state index contributed by atoms with van der Waals surface area (Å²) in [6, 6.07) is 5.82. The average molecular weight is 344 g/mol. The van der Waals surface area contributed by atoms with Gasteiger partial charge in [0.15, 0.2) is 0 Å². The van der Waals surface area contributed by atoms with Crippen LogP contribution in [0.15, 0.2) is 24.3 Å². The number of carbonyl (C=O) groups is 1. The molecule has 1 aromatic carbocycles. The quantitative estimate of drug-likeness (QED) is 0.858. The highest BCUT2D eigenvalue weighted by atomic mass is 19.4. The Morgan fingerprint density at radius 3 is 2.54 bits per heavy atom. The van der Waals surface area contributed by atoms with E-state index in [4.69, 9.17) is 4.74 Å². The van der Waals surface area contributed by atoms with E-state index in [1.165, 1.54) is 6.07 Å². The van der Waals surface area contributed by atoms with Crippen LogP contribution in [0.5, 0.6) is 0 Å². The molecule has 24 heavy (non-hydrogen) atoms. The van der Waals surface area contributed by atoms with Crippen LogP contribution in [0, 0.1) is 0 Å². The van der Waals surface area contributed by atoms with Crippen molar-refractivity contribution in [3.8, 4) is 0 Å². The molecule has 2 rings (SSSR count). The topological polar surface area (TPSA) is 50.4 Å². The molecule has 0 spiro atoms. The van der Waals surface area contributed by atoms with Crippen LogP contribution in [-0.4, -0.2) is 31.5 Å². The van der Waals surface area contributed by atoms with Gasteiger partial charge in [0, 0.05) is 13.7 Å². The lowest BCUT2D eigenvalue weighted by Gasteiger charge is -2.31. The summed E-state index contributed by atoms with van der Waals surface area (Å²) in [5.41, 5.74) is 0.648. The second-order valence-corrected chi connectivity index (χ2v) is 6.05. The Kier molecular flexibility index (Phi) is 6.48. The van der Waals surface area contributed by atoms with Gasteiger partial charge in [-0.25, -0.2) is 4.79 Å². The minimum Gasteiger partial charge on any atom is -0.379 e. The fourth-order valence-corrected chi connectivity index (χ4v) is 3.06. The molecule has 0 heterocycles. The predicted molar refractivity (Wildman–Crippen MR) is 84.6 cm³/mol. The molecular formula is C17H23F3N2O2. The van der Waals surface area contributed by atoms with E-state index in [9.17, 15) is 18.0 Å². The van der Waals surface area contributed by atoms with Gasteiger partial charge in [-0.3, -0.25) is 0 Å². The number of halogens is 3. The van der Waals surface area contributed by atoms with Crippen LogP contribution in [-0.2, 0) is 17.7 Å². The number of nitrogens with one attached hydrogen (secondary N) is 2. The number of alkyl halides is 3. The van der Waals surface area contributed by atoms with Gasteiger partial charge in [-0.2, -0.15) is 13.2 Å². The molecule has 4 nitrogen and oxygen atoms in total. The van der Waals surface area contributed by atoms with Crippen LogP contribution >= 0.6 is 0 Å². The molecular weight excluding hydrogens is 321 g/mol. The molecule has 0 aliphatic heterocycles. The summed E-state index contributed by atoms with van der Waals surface area (Å²) in [4.78, 5) is 12.0. The van der Waals surface area contributed by atoms with Crippen LogP contribution in [0.25, 0.3) is 0 Å². The lowest BCUT2D eigenvalue weighted by atomic mass is 9.92. The average Bonchev–Trinajstić information content (AvgIpc) is 2.53.